The van der Waals surface area contributed by atoms with Crippen LogP contribution in [0.1, 0.15) is 16.6 Å². The van der Waals surface area contributed by atoms with E-state index in [1.54, 1.807) is 36.4 Å². The predicted octanol–water partition coefficient (Wildman–Crippen LogP) is 3.62. The standard InChI is InChI=1S/C14H12ClNO3S/c1-9(17)16-10-4-2-3-5-12(10)19-8-11(18)13-6-7-14(15)20-13/h2-7H,8H2,1H3,(H,16,17). The Bertz CT molecular complexity index is 639. The van der Waals surface area contributed by atoms with Gasteiger partial charge in [0.15, 0.2) is 6.61 Å². The van der Waals surface area contributed by atoms with Crippen molar-refractivity contribution in [1.82, 2.24) is 0 Å². The van der Waals surface area contributed by atoms with E-state index in [2.05, 4.69) is 5.32 Å². The number of amides is 1. The summed E-state index contributed by atoms with van der Waals surface area (Å²) in [5.74, 6) is 0.107. The van der Waals surface area contributed by atoms with Crippen LogP contribution >= 0.6 is 22.9 Å². The molecule has 0 unspecified atom stereocenters. The van der Waals surface area contributed by atoms with Crippen molar-refractivity contribution in [3.05, 3.63) is 45.6 Å². The number of ether oxygens (including phenoxy) is 1. The van der Waals surface area contributed by atoms with Gasteiger partial charge in [0, 0.05) is 6.92 Å². The van der Waals surface area contributed by atoms with Crippen LogP contribution in [0.3, 0.4) is 0 Å². The molecular formula is C14H12ClNO3S. The highest BCUT2D eigenvalue weighted by molar-refractivity contribution is 7.18. The smallest absolute Gasteiger partial charge is 0.221 e. The van der Waals surface area contributed by atoms with Crippen molar-refractivity contribution in [3.8, 4) is 5.75 Å². The second-order valence-corrected chi connectivity index (χ2v) is 5.71. The van der Waals surface area contributed by atoms with E-state index in [4.69, 9.17) is 16.3 Å². The van der Waals surface area contributed by atoms with Crippen LogP contribution in [0.4, 0.5) is 5.69 Å². The Morgan fingerprint density at radius 2 is 2.00 bits per heavy atom. The number of nitrogens with one attached hydrogen (secondary N) is 1. The molecule has 1 aromatic heterocycles. The molecule has 4 nitrogen and oxygen atoms in total. The first-order chi connectivity index (χ1) is 9.56. The van der Waals surface area contributed by atoms with Gasteiger partial charge in [0.1, 0.15) is 5.75 Å². The lowest BCUT2D eigenvalue weighted by atomic mass is 10.3. The largest absolute Gasteiger partial charge is 0.483 e. The zero-order valence-electron chi connectivity index (χ0n) is 10.7. The number of ketones is 1. The van der Waals surface area contributed by atoms with Gasteiger partial charge in [-0.3, -0.25) is 9.59 Å². The summed E-state index contributed by atoms with van der Waals surface area (Å²) in [7, 11) is 0. The number of benzene rings is 1. The third-order valence-electron chi connectivity index (χ3n) is 2.40. The van der Waals surface area contributed by atoms with Crippen molar-refractivity contribution in [2.45, 2.75) is 6.92 Å². The molecule has 2 rings (SSSR count). The molecule has 0 radical (unpaired) electrons. The number of carbonyl (C=O) groups is 2. The van der Waals surface area contributed by atoms with Gasteiger partial charge in [0.25, 0.3) is 0 Å². The number of carbonyl (C=O) groups excluding carboxylic acids is 2. The second kappa shape index (κ2) is 6.54. The van der Waals surface area contributed by atoms with Gasteiger partial charge in [0.2, 0.25) is 11.7 Å². The average molecular weight is 310 g/mol. The van der Waals surface area contributed by atoms with E-state index in [0.717, 1.165) is 0 Å². The summed E-state index contributed by atoms with van der Waals surface area (Å²) in [6.07, 6.45) is 0. The van der Waals surface area contributed by atoms with Gasteiger partial charge in [-0.1, -0.05) is 23.7 Å². The van der Waals surface area contributed by atoms with Crippen LogP contribution in [0.15, 0.2) is 36.4 Å². The number of hydrogen-bond acceptors (Lipinski definition) is 4. The molecule has 1 amide bonds. The minimum Gasteiger partial charge on any atom is -0.483 e. The first-order valence-electron chi connectivity index (χ1n) is 5.84. The minimum atomic E-state index is -0.197. The monoisotopic (exact) mass is 309 g/mol. The Hall–Kier alpha value is -1.85. The SMILES string of the molecule is CC(=O)Nc1ccccc1OCC(=O)c1ccc(Cl)s1. The maximum Gasteiger partial charge on any atom is 0.221 e. The van der Waals surface area contributed by atoms with Crippen LogP contribution in [0.2, 0.25) is 4.34 Å². The number of hydrogen-bond donors (Lipinski definition) is 1. The predicted molar refractivity (Wildman–Crippen MR) is 79.9 cm³/mol. The molecule has 1 heterocycles. The zero-order valence-corrected chi connectivity index (χ0v) is 12.3. The Morgan fingerprint density at radius 1 is 1.25 bits per heavy atom. The van der Waals surface area contributed by atoms with Crippen molar-refractivity contribution in [2.75, 3.05) is 11.9 Å². The number of halogens is 1. The van der Waals surface area contributed by atoms with Gasteiger partial charge in [-0.25, -0.2) is 0 Å². The fraction of sp³-hybridized carbons (Fsp3) is 0.143. The average Bonchev–Trinajstić information content (AvgIpc) is 2.83. The minimum absolute atomic E-state index is 0.104. The summed E-state index contributed by atoms with van der Waals surface area (Å²) in [6, 6.07) is 10.3. The third kappa shape index (κ3) is 3.82. The lowest BCUT2D eigenvalue weighted by Crippen LogP contribution is -2.12. The highest BCUT2D eigenvalue weighted by Crippen LogP contribution is 2.25. The van der Waals surface area contributed by atoms with Gasteiger partial charge < -0.3 is 10.1 Å². The molecule has 20 heavy (non-hydrogen) atoms. The van der Waals surface area contributed by atoms with Crippen LogP contribution in [0.5, 0.6) is 5.75 Å². The molecule has 6 heteroatoms. The summed E-state index contributed by atoms with van der Waals surface area (Å²) in [6.45, 7) is 1.31. The molecule has 0 saturated carbocycles. The zero-order chi connectivity index (χ0) is 14.5. The number of rotatable bonds is 5. The van der Waals surface area contributed by atoms with Crippen LogP contribution in [-0.2, 0) is 4.79 Å². The molecule has 0 atom stereocenters. The summed E-state index contributed by atoms with van der Waals surface area (Å²) in [5, 5.41) is 2.65. The van der Waals surface area contributed by atoms with Crippen molar-refractivity contribution >= 4 is 40.3 Å². The van der Waals surface area contributed by atoms with Gasteiger partial charge in [-0.15, -0.1) is 11.3 Å². The maximum absolute atomic E-state index is 11.9. The Balaban J connectivity index is 2.03. The van der Waals surface area contributed by atoms with E-state index < -0.39 is 0 Å². The Kier molecular flexibility index (Phi) is 4.76. The first kappa shape index (κ1) is 14.6. The fourth-order valence-electron chi connectivity index (χ4n) is 1.56. The van der Waals surface area contributed by atoms with Crippen molar-refractivity contribution in [3.63, 3.8) is 0 Å². The molecule has 1 N–H and O–H groups in total. The molecule has 0 aliphatic heterocycles. The van der Waals surface area contributed by atoms with Crippen molar-refractivity contribution in [2.24, 2.45) is 0 Å². The van der Waals surface area contributed by atoms with E-state index in [9.17, 15) is 9.59 Å². The lowest BCUT2D eigenvalue weighted by molar-refractivity contribution is -0.114. The molecule has 2 aromatic rings. The molecular weight excluding hydrogens is 298 g/mol. The lowest BCUT2D eigenvalue weighted by Gasteiger charge is -2.10. The summed E-state index contributed by atoms with van der Waals surface area (Å²) in [5.41, 5.74) is 0.539. The van der Waals surface area contributed by atoms with Gasteiger partial charge in [-0.2, -0.15) is 0 Å². The molecule has 0 fully saturated rings. The highest BCUT2D eigenvalue weighted by atomic mass is 35.5. The Labute approximate surface area is 125 Å². The summed E-state index contributed by atoms with van der Waals surface area (Å²) >= 11 is 6.99. The van der Waals surface area contributed by atoms with E-state index in [1.807, 2.05) is 0 Å². The second-order valence-electron chi connectivity index (χ2n) is 3.99. The summed E-state index contributed by atoms with van der Waals surface area (Å²) in [4.78, 5) is 23.5. The highest BCUT2D eigenvalue weighted by Gasteiger charge is 2.11. The van der Waals surface area contributed by atoms with E-state index in [1.165, 1.54) is 18.3 Å². The van der Waals surface area contributed by atoms with Crippen LogP contribution < -0.4 is 10.1 Å². The third-order valence-corrected chi connectivity index (χ3v) is 3.68. The maximum atomic E-state index is 11.9. The molecule has 0 spiro atoms. The number of thiophene rings is 1. The first-order valence-corrected chi connectivity index (χ1v) is 7.03. The normalized spacial score (nSPS) is 10.1. The van der Waals surface area contributed by atoms with Crippen LogP contribution in [0.25, 0.3) is 0 Å². The number of anilines is 1. The van der Waals surface area contributed by atoms with Gasteiger partial charge in [0.05, 0.1) is 14.9 Å². The molecule has 1 aromatic carbocycles. The molecule has 104 valence electrons. The van der Waals surface area contributed by atoms with Gasteiger partial charge in [-0.05, 0) is 24.3 Å². The molecule has 0 bridgehead atoms. The van der Waals surface area contributed by atoms with Crippen molar-refractivity contribution < 1.29 is 14.3 Å². The molecule has 0 aliphatic rings. The fourth-order valence-corrected chi connectivity index (χ4v) is 2.53. The van der Waals surface area contributed by atoms with E-state index in [-0.39, 0.29) is 18.3 Å². The molecule has 0 saturated heterocycles. The topological polar surface area (TPSA) is 55.4 Å². The molecule has 0 aliphatic carbocycles. The van der Waals surface area contributed by atoms with E-state index in [0.29, 0.717) is 20.7 Å². The quantitative estimate of drug-likeness (QED) is 0.858. The van der Waals surface area contributed by atoms with Gasteiger partial charge >= 0.3 is 0 Å². The van der Waals surface area contributed by atoms with Crippen LogP contribution in [-0.4, -0.2) is 18.3 Å². The Morgan fingerprint density at radius 3 is 2.65 bits per heavy atom. The van der Waals surface area contributed by atoms with E-state index >= 15 is 0 Å². The van der Waals surface area contributed by atoms with Crippen LogP contribution in [0, 0.1) is 0 Å². The number of para-hydroxylation sites is 2. The summed E-state index contributed by atoms with van der Waals surface area (Å²) < 4.78 is 6.02. The van der Waals surface area contributed by atoms with Crippen molar-refractivity contribution in [1.29, 1.82) is 0 Å². The number of Topliss-reactive ketones (excluding diaryl/α,β-unsaturated/α-hetero) is 1.